The van der Waals surface area contributed by atoms with E-state index in [0.717, 1.165) is 12.1 Å². The number of carboxylic acid groups (broad SMARTS) is 1. The molecular weight excluding hydrogens is 214 g/mol. The van der Waals surface area contributed by atoms with Gasteiger partial charge in [0.2, 0.25) is 0 Å². The van der Waals surface area contributed by atoms with Gasteiger partial charge in [-0.05, 0) is 32.1 Å². The van der Waals surface area contributed by atoms with E-state index in [-0.39, 0.29) is 6.42 Å². The summed E-state index contributed by atoms with van der Waals surface area (Å²) >= 11 is 0. The summed E-state index contributed by atoms with van der Waals surface area (Å²) < 4.78 is 0. The molecule has 0 saturated heterocycles. The van der Waals surface area contributed by atoms with E-state index >= 15 is 0 Å². The van der Waals surface area contributed by atoms with E-state index < -0.39 is 5.97 Å². The Morgan fingerprint density at radius 1 is 1.35 bits per heavy atom. The Balaban J connectivity index is 2.26. The predicted octanol–water partition coefficient (Wildman–Crippen LogP) is 1.83. The summed E-state index contributed by atoms with van der Waals surface area (Å²) in [4.78, 5) is 12.4. The minimum Gasteiger partial charge on any atom is -0.481 e. The van der Waals surface area contributed by atoms with Crippen molar-refractivity contribution in [3.63, 3.8) is 0 Å². The van der Waals surface area contributed by atoms with Gasteiger partial charge in [0.15, 0.2) is 0 Å². The van der Waals surface area contributed by atoms with Crippen LogP contribution in [0.1, 0.15) is 18.4 Å². The largest absolute Gasteiger partial charge is 0.481 e. The third-order valence-electron chi connectivity index (χ3n) is 2.29. The van der Waals surface area contributed by atoms with Crippen LogP contribution in [0, 0.1) is 11.8 Å². The zero-order valence-corrected chi connectivity index (χ0v) is 10.0. The molecule has 1 rings (SSSR count). The van der Waals surface area contributed by atoms with E-state index in [1.807, 2.05) is 42.3 Å². The number of hydrogen-bond acceptors (Lipinski definition) is 2. The Kier molecular flexibility index (Phi) is 5.84. The molecular formula is C14H17NO2. The number of carbonyl (C=O) groups is 1. The van der Waals surface area contributed by atoms with Crippen molar-refractivity contribution in [2.24, 2.45) is 0 Å². The van der Waals surface area contributed by atoms with Crippen LogP contribution in [-0.4, -0.2) is 36.1 Å². The molecule has 0 atom stereocenters. The molecule has 0 amide bonds. The number of hydrogen-bond donors (Lipinski definition) is 1. The Morgan fingerprint density at radius 3 is 2.71 bits per heavy atom. The molecule has 0 aliphatic carbocycles. The molecule has 3 nitrogen and oxygen atoms in total. The monoisotopic (exact) mass is 231 g/mol. The van der Waals surface area contributed by atoms with Crippen LogP contribution in [0.15, 0.2) is 30.3 Å². The number of aliphatic carboxylic acids is 1. The lowest BCUT2D eigenvalue weighted by atomic mass is 10.2. The molecule has 0 spiro atoms. The summed E-state index contributed by atoms with van der Waals surface area (Å²) in [7, 11) is 1.95. The molecule has 0 heterocycles. The number of nitrogens with zero attached hydrogens (tertiary/aromatic N) is 1. The fourth-order valence-electron chi connectivity index (χ4n) is 1.38. The van der Waals surface area contributed by atoms with E-state index in [2.05, 4.69) is 11.8 Å². The Labute approximate surface area is 102 Å². The van der Waals surface area contributed by atoms with Crippen molar-refractivity contribution in [1.82, 2.24) is 4.90 Å². The van der Waals surface area contributed by atoms with Crippen LogP contribution in [0.25, 0.3) is 0 Å². The normalized spacial score (nSPS) is 9.76. The van der Waals surface area contributed by atoms with Gasteiger partial charge in [0.25, 0.3) is 0 Å². The fraction of sp³-hybridized carbons (Fsp3) is 0.357. The van der Waals surface area contributed by atoms with Crippen LogP contribution in [0.5, 0.6) is 0 Å². The Hall–Kier alpha value is -1.79. The maximum Gasteiger partial charge on any atom is 0.303 e. The zero-order chi connectivity index (χ0) is 12.5. The summed E-state index contributed by atoms with van der Waals surface area (Å²) in [5.74, 6) is 5.39. The predicted molar refractivity (Wildman–Crippen MR) is 67.7 cm³/mol. The van der Waals surface area contributed by atoms with Gasteiger partial charge in [0.05, 0.1) is 6.54 Å². The van der Waals surface area contributed by atoms with E-state index in [0.29, 0.717) is 13.0 Å². The number of carboxylic acids is 1. The van der Waals surface area contributed by atoms with Gasteiger partial charge in [-0.1, -0.05) is 30.0 Å². The molecule has 0 fully saturated rings. The average Bonchev–Trinajstić information content (AvgIpc) is 2.30. The van der Waals surface area contributed by atoms with Gasteiger partial charge < -0.3 is 5.11 Å². The van der Waals surface area contributed by atoms with Gasteiger partial charge in [-0.25, -0.2) is 0 Å². The van der Waals surface area contributed by atoms with E-state index in [1.54, 1.807) is 0 Å². The lowest BCUT2D eigenvalue weighted by Crippen LogP contribution is -2.20. The highest BCUT2D eigenvalue weighted by Crippen LogP contribution is 1.95. The van der Waals surface area contributed by atoms with Gasteiger partial charge in [-0.3, -0.25) is 9.69 Å². The minimum absolute atomic E-state index is 0.219. The molecule has 3 heteroatoms. The maximum atomic E-state index is 10.3. The minimum atomic E-state index is -0.742. The summed E-state index contributed by atoms with van der Waals surface area (Å²) in [6.45, 7) is 1.42. The lowest BCUT2D eigenvalue weighted by Gasteiger charge is -2.11. The average molecular weight is 231 g/mol. The van der Waals surface area contributed by atoms with Crippen molar-refractivity contribution in [2.75, 3.05) is 20.1 Å². The summed E-state index contributed by atoms with van der Waals surface area (Å²) in [5.41, 5.74) is 1.01. The van der Waals surface area contributed by atoms with Crippen LogP contribution >= 0.6 is 0 Å². The second-order valence-electron chi connectivity index (χ2n) is 3.90. The first-order valence-corrected chi connectivity index (χ1v) is 5.63. The van der Waals surface area contributed by atoms with Crippen molar-refractivity contribution in [3.05, 3.63) is 35.9 Å². The Bertz CT molecular complexity index is 403. The molecule has 0 aliphatic heterocycles. The molecule has 0 radical (unpaired) electrons. The topological polar surface area (TPSA) is 40.5 Å². The second-order valence-corrected chi connectivity index (χ2v) is 3.90. The van der Waals surface area contributed by atoms with Gasteiger partial charge in [-0.15, -0.1) is 0 Å². The molecule has 1 aromatic carbocycles. The van der Waals surface area contributed by atoms with Crippen molar-refractivity contribution in [2.45, 2.75) is 12.8 Å². The highest BCUT2D eigenvalue weighted by Gasteiger charge is 1.99. The SMILES string of the molecule is CN(CC#Cc1ccccc1)CCCC(=O)O. The molecule has 0 unspecified atom stereocenters. The molecule has 0 bridgehead atoms. The van der Waals surface area contributed by atoms with Crippen LogP contribution in [0.4, 0.5) is 0 Å². The van der Waals surface area contributed by atoms with Gasteiger partial charge in [-0.2, -0.15) is 0 Å². The van der Waals surface area contributed by atoms with Crippen LogP contribution in [-0.2, 0) is 4.79 Å². The highest BCUT2D eigenvalue weighted by atomic mass is 16.4. The highest BCUT2D eigenvalue weighted by molar-refractivity contribution is 5.66. The van der Waals surface area contributed by atoms with Crippen LogP contribution in [0.2, 0.25) is 0 Å². The molecule has 0 saturated carbocycles. The lowest BCUT2D eigenvalue weighted by molar-refractivity contribution is -0.137. The second kappa shape index (κ2) is 7.48. The third-order valence-corrected chi connectivity index (χ3v) is 2.29. The van der Waals surface area contributed by atoms with Crippen LogP contribution in [0.3, 0.4) is 0 Å². The molecule has 1 aromatic rings. The van der Waals surface area contributed by atoms with Crippen molar-refractivity contribution < 1.29 is 9.90 Å². The van der Waals surface area contributed by atoms with Crippen molar-refractivity contribution in [3.8, 4) is 11.8 Å². The summed E-state index contributed by atoms with van der Waals surface area (Å²) in [6, 6.07) is 9.82. The zero-order valence-electron chi connectivity index (χ0n) is 10.0. The number of benzene rings is 1. The molecule has 17 heavy (non-hydrogen) atoms. The first-order valence-electron chi connectivity index (χ1n) is 5.63. The van der Waals surface area contributed by atoms with Crippen LogP contribution < -0.4 is 0 Å². The molecule has 1 N–H and O–H groups in total. The molecule has 0 aliphatic rings. The number of rotatable bonds is 5. The van der Waals surface area contributed by atoms with Gasteiger partial charge in [0, 0.05) is 12.0 Å². The first-order chi connectivity index (χ1) is 8.18. The fourth-order valence-corrected chi connectivity index (χ4v) is 1.38. The van der Waals surface area contributed by atoms with Gasteiger partial charge >= 0.3 is 5.97 Å². The third kappa shape index (κ3) is 6.39. The van der Waals surface area contributed by atoms with E-state index in [1.165, 1.54) is 0 Å². The molecule has 0 aromatic heterocycles. The summed E-state index contributed by atoms with van der Waals surface area (Å²) in [6.07, 6.45) is 0.884. The van der Waals surface area contributed by atoms with Crippen molar-refractivity contribution in [1.29, 1.82) is 0 Å². The maximum absolute atomic E-state index is 10.3. The standard InChI is InChI=1S/C14H17NO2/c1-15(12-6-10-14(16)17)11-5-9-13-7-3-2-4-8-13/h2-4,7-8H,6,10-12H2,1H3,(H,16,17). The summed E-state index contributed by atoms with van der Waals surface area (Å²) in [5, 5.41) is 8.50. The Morgan fingerprint density at radius 2 is 2.06 bits per heavy atom. The first kappa shape index (κ1) is 13.3. The van der Waals surface area contributed by atoms with Crippen molar-refractivity contribution >= 4 is 5.97 Å². The van der Waals surface area contributed by atoms with E-state index in [4.69, 9.17) is 5.11 Å². The smallest absolute Gasteiger partial charge is 0.303 e. The quantitative estimate of drug-likeness (QED) is 0.786. The van der Waals surface area contributed by atoms with E-state index in [9.17, 15) is 4.79 Å². The van der Waals surface area contributed by atoms with Gasteiger partial charge in [0.1, 0.15) is 0 Å². The molecule has 90 valence electrons.